The Kier molecular flexibility index (Phi) is 5.02. The summed E-state index contributed by atoms with van der Waals surface area (Å²) in [7, 11) is 0. The number of H-pyrrole nitrogens is 1. The van der Waals surface area contributed by atoms with Crippen LogP contribution in [0.4, 0.5) is 5.69 Å². The molecule has 0 saturated carbocycles. The number of benzene rings is 2. The summed E-state index contributed by atoms with van der Waals surface area (Å²) in [4.78, 5) is 10.6. The second kappa shape index (κ2) is 7.20. The molecule has 0 atom stereocenters. The van der Waals surface area contributed by atoms with E-state index >= 15 is 0 Å². The van der Waals surface area contributed by atoms with Gasteiger partial charge in [-0.3, -0.25) is 0 Å². The highest BCUT2D eigenvalue weighted by Crippen LogP contribution is 2.24. The predicted octanol–water partition coefficient (Wildman–Crippen LogP) is 3.84. The zero-order valence-electron chi connectivity index (χ0n) is 13.5. The SMILES string of the molecule is CCN(CC)c1ccccc1C(=S=O)c1nc2cc(Cl)ccc2[nH]1. The van der Waals surface area contributed by atoms with E-state index in [9.17, 15) is 4.21 Å². The molecule has 24 heavy (non-hydrogen) atoms. The lowest BCUT2D eigenvalue weighted by Crippen LogP contribution is -2.24. The molecule has 0 aliphatic carbocycles. The fourth-order valence-corrected chi connectivity index (χ4v) is 3.41. The highest BCUT2D eigenvalue weighted by Gasteiger charge is 2.17. The van der Waals surface area contributed by atoms with Crippen molar-refractivity contribution >= 4 is 44.4 Å². The molecule has 0 aliphatic rings. The maximum Gasteiger partial charge on any atom is 0.152 e. The molecule has 124 valence electrons. The fraction of sp³-hybridized carbons (Fsp3) is 0.222. The van der Waals surface area contributed by atoms with Crippen LogP contribution in [0.2, 0.25) is 5.02 Å². The van der Waals surface area contributed by atoms with Gasteiger partial charge in [-0.05, 0) is 38.1 Å². The van der Waals surface area contributed by atoms with Crippen molar-refractivity contribution in [3.63, 3.8) is 0 Å². The molecule has 1 aromatic heterocycles. The van der Waals surface area contributed by atoms with E-state index in [0.29, 0.717) is 27.0 Å². The maximum atomic E-state index is 11.9. The molecule has 0 amide bonds. The van der Waals surface area contributed by atoms with E-state index in [1.165, 1.54) is 0 Å². The molecule has 1 heterocycles. The van der Waals surface area contributed by atoms with Gasteiger partial charge >= 0.3 is 0 Å². The zero-order valence-corrected chi connectivity index (χ0v) is 15.1. The number of anilines is 1. The van der Waals surface area contributed by atoms with Gasteiger partial charge in [0.25, 0.3) is 0 Å². The van der Waals surface area contributed by atoms with Crippen molar-refractivity contribution in [2.24, 2.45) is 0 Å². The van der Waals surface area contributed by atoms with Gasteiger partial charge in [0.2, 0.25) is 0 Å². The number of aromatic nitrogens is 2. The van der Waals surface area contributed by atoms with E-state index in [2.05, 4.69) is 28.7 Å². The quantitative estimate of drug-likeness (QED) is 0.556. The Balaban J connectivity index is 2.14. The van der Waals surface area contributed by atoms with Crippen molar-refractivity contribution in [3.05, 3.63) is 58.9 Å². The van der Waals surface area contributed by atoms with Crippen molar-refractivity contribution in [1.82, 2.24) is 9.97 Å². The molecular weight excluding hydrogens is 342 g/mol. The fourth-order valence-electron chi connectivity index (χ4n) is 2.80. The lowest BCUT2D eigenvalue weighted by atomic mass is 10.1. The summed E-state index contributed by atoms with van der Waals surface area (Å²) in [5, 5.41) is 0.625. The van der Waals surface area contributed by atoms with Crippen molar-refractivity contribution < 1.29 is 4.21 Å². The maximum absolute atomic E-state index is 11.9. The van der Waals surface area contributed by atoms with E-state index in [-0.39, 0.29) is 0 Å². The second-order valence-corrected chi connectivity index (χ2v) is 6.36. The number of nitrogens with zero attached hydrogens (tertiary/aromatic N) is 2. The highest BCUT2D eigenvalue weighted by atomic mass is 35.5. The Morgan fingerprint density at radius 1 is 1.21 bits per heavy atom. The molecule has 0 aliphatic heterocycles. The molecule has 6 heteroatoms. The highest BCUT2D eigenvalue weighted by molar-refractivity contribution is 7.67. The van der Waals surface area contributed by atoms with Gasteiger partial charge in [-0.15, -0.1) is 0 Å². The lowest BCUT2D eigenvalue weighted by molar-refractivity contribution is 0.701. The van der Waals surface area contributed by atoms with Crippen LogP contribution in [0, 0.1) is 0 Å². The Labute approximate surface area is 149 Å². The summed E-state index contributed by atoms with van der Waals surface area (Å²) in [5.41, 5.74) is 3.55. The van der Waals surface area contributed by atoms with Crippen molar-refractivity contribution in [2.45, 2.75) is 13.8 Å². The normalized spacial score (nSPS) is 10.8. The minimum absolute atomic E-state index is 0.461. The predicted molar refractivity (Wildman–Crippen MR) is 102 cm³/mol. The largest absolute Gasteiger partial charge is 0.372 e. The van der Waals surface area contributed by atoms with Crippen LogP contribution in [0.1, 0.15) is 25.2 Å². The topological polar surface area (TPSA) is 49.0 Å². The standard InChI is InChI=1S/C18H18ClN3OS/c1-3-22(4-2)16-8-6-5-7-13(16)17(24-23)18-20-14-10-9-12(19)11-15(14)21-18/h5-11H,3-4H2,1-2H3,(H,20,21). The van der Waals surface area contributed by atoms with Crippen LogP contribution in [-0.2, 0) is 11.3 Å². The molecule has 3 aromatic rings. The van der Waals surface area contributed by atoms with Crippen molar-refractivity contribution in [1.29, 1.82) is 0 Å². The number of halogens is 1. The van der Waals surface area contributed by atoms with E-state index in [4.69, 9.17) is 11.6 Å². The van der Waals surface area contributed by atoms with Gasteiger partial charge in [-0.1, -0.05) is 29.8 Å². The molecule has 4 nitrogen and oxygen atoms in total. The first-order chi connectivity index (χ1) is 11.7. The third kappa shape index (κ3) is 3.09. The molecule has 0 fully saturated rings. The summed E-state index contributed by atoms with van der Waals surface area (Å²) in [6.45, 7) is 5.96. The molecular formula is C18H18ClN3OS. The van der Waals surface area contributed by atoms with Gasteiger partial charge in [0.15, 0.2) is 5.82 Å². The Morgan fingerprint density at radius 3 is 2.67 bits per heavy atom. The number of hydrogen-bond acceptors (Lipinski definition) is 3. The summed E-state index contributed by atoms with van der Waals surface area (Å²) in [5.74, 6) is 0.576. The van der Waals surface area contributed by atoms with Crippen LogP contribution < -0.4 is 4.90 Å². The van der Waals surface area contributed by atoms with Crippen LogP contribution in [0.15, 0.2) is 42.5 Å². The summed E-state index contributed by atoms with van der Waals surface area (Å²) >= 11 is 6.49. The van der Waals surface area contributed by atoms with Gasteiger partial charge in [-0.2, -0.15) is 0 Å². The molecule has 2 aromatic carbocycles. The van der Waals surface area contributed by atoms with E-state index in [0.717, 1.165) is 35.4 Å². The number of rotatable bonds is 5. The van der Waals surface area contributed by atoms with Gasteiger partial charge in [0.1, 0.15) is 16.1 Å². The average molecular weight is 360 g/mol. The molecule has 0 bridgehead atoms. The number of nitrogens with one attached hydrogen (secondary N) is 1. The number of fused-ring (bicyclic) bond motifs is 1. The molecule has 3 rings (SSSR count). The van der Waals surface area contributed by atoms with Crippen molar-refractivity contribution in [3.8, 4) is 0 Å². The van der Waals surface area contributed by atoms with E-state index < -0.39 is 0 Å². The number of imidazole rings is 1. The van der Waals surface area contributed by atoms with Crippen LogP contribution in [0.3, 0.4) is 0 Å². The summed E-state index contributed by atoms with van der Waals surface area (Å²) < 4.78 is 11.9. The van der Waals surface area contributed by atoms with E-state index in [1.807, 2.05) is 30.3 Å². The smallest absolute Gasteiger partial charge is 0.152 e. The minimum Gasteiger partial charge on any atom is -0.372 e. The van der Waals surface area contributed by atoms with Crippen LogP contribution in [0.25, 0.3) is 11.0 Å². The number of aromatic amines is 1. The molecule has 0 spiro atoms. The number of hydrogen-bond donors (Lipinski definition) is 1. The summed E-state index contributed by atoms with van der Waals surface area (Å²) in [6.07, 6.45) is 0. The van der Waals surface area contributed by atoms with E-state index in [1.54, 1.807) is 12.1 Å². The van der Waals surface area contributed by atoms with Gasteiger partial charge < -0.3 is 9.88 Å². The molecule has 0 unspecified atom stereocenters. The van der Waals surface area contributed by atoms with Gasteiger partial charge in [-0.25, -0.2) is 9.19 Å². The van der Waals surface area contributed by atoms with Crippen LogP contribution in [-0.4, -0.2) is 32.1 Å². The average Bonchev–Trinajstić information content (AvgIpc) is 3.00. The first kappa shape index (κ1) is 16.7. The van der Waals surface area contributed by atoms with Crippen LogP contribution >= 0.6 is 11.6 Å². The second-order valence-electron chi connectivity index (χ2n) is 5.35. The van der Waals surface area contributed by atoms with Crippen LogP contribution in [0.5, 0.6) is 0 Å². The van der Waals surface area contributed by atoms with Gasteiger partial charge in [0.05, 0.1) is 11.0 Å². The monoisotopic (exact) mass is 359 g/mol. The Hall–Kier alpha value is -2.11. The van der Waals surface area contributed by atoms with Crippen molar-refractivity contribution in [2.75, 3.05) is 18.0 Å². The third-order valence-electron chi connectivity index (χ3n) is 4.00. The first-order valence-corrected chi connectivity index (χ1v) is 8.96. The molecule has 0 saturated heterocycles. The molecule has 1 N–H and O–H groups in total. The van der Waals surface area contributed by atoms with Gasteiger partial charge in [0, 0.05) is 29.4 Å². The summed E-state index contributed by atoms with van der Waals surface area (Å²) in [6, 6.07) is 13.4. The third-order valence-corrected chi connectivity index (χ3v) is 4.81. The Bertz CT molecular complexity index is 927. The Morgan fingerprint density at radius 2 is 1.96 bits per heavy atom. The lowest BCUT2D eigenvalue weighted by Gasteiger charge is -2.23. The zero-order chi connectivity index (χ0) is 17.1. The minimum atomic E-state index is 0.461. The molecule has 0 radical (unpaired) electrons. The number of para-hydroxylation sites is 1. The first-order valence-electron chi connectivity index (χ1n) is 7.84.